The van der Waals surface area contributed by atoms with E-state index in [1.54, 1.807) is 18.6 Å². The molecule has 2 aliphatic rings. The molecule has 1 aromatic carbocycles. The van der Waals surface area contributed by atoms with E-state index >= 15 is 0 Å². The van der Waals surface area contributed by atoms with Gasteiger partial charge in [0.2, 0.25) is 0 Å². The predicted octanol–water partition coefficient (Wildman–Crippen LogP) is 4.05. The molecule has 2 saturated heterocycles. The number of rotatable bonds is 6. The topological polar surface area (TPSA) is 45.9 Å². The van der Waals surface area contributed by atoms with Crippen LogP contribution in [0.3, 0.4) is 0 Å². The smallest absolute Gasteiger partial charge is 0.257 e. The molecule has 1 atom stereocenters. The van der Waals surface area contributed by atoms with E-state index in [2.05, 4.69) is 36.9 Å². The molecule has 150 valence electrons. The molecule has 2 aliphatic heterocycles. The Kier molecular flexibility index (Phi) is 5.44. The molecule has 1 amide bonds. The largest absolute Gasteiger partial charge is 0.493 e. The van der Waals surface area contributed by atoms with Crippen molar-refractivity contribution in [3.63, 3.8) is 0 Å². The molecule has 0 N–H and O–H groups in total. The Labute approximate surface area is 167 Å². The standard InChI is InChI=1S/C23H30N2O3/c1-18(2)14-28-21-6-4-3-5-19(21)13-24-10-8-23(16-24)9-11-25(17-23)22(26)20-7-12-27-15-20/h3-7,12,15,18H,8-11,13-14,16-17H2,1-2H3. The van der Waals surface area contributed by atoms with Gasteiger partial charge in [-0.3, -0.25) is 9.69 Å². The molecule has 5 nitrogen and oxygen atoms in total. The van der Waals surface area contributed by atoms with Crippen LogP contribution in [0.25, 0.3) is 0 Å². The number of benzene rings is 1. The third kappa shape index (κ3) is 4.09. The zero-order valence-electron chi connectivity index (χ0n) is 16.9. The van der Waals surface area contributed by atoms with E-state index in [1.807, 2.05) is 11.0 Å². The van der Waals surface area contributed by atoms with Crippen molar-refractivity contribution in [2.45, 2.75) is 33.2 Å². The van der Waals surface area contributed by atoms with Crippen molar-refractivity contribution in [2.75, 3.05) is 32.8 Å². The predicted molar refractivity (Wildman–Crippen MR) is 108 cm³/mol. The van der Waals surface area contributed by atoms with Crippen LogP contribution in [0, 0.1) is 11.3 Å². The summed E-state index contributed by atoms with van der Waals surface area (Å²) in [7, 11) is 0. The maximum atomic E-state index is 12.6. The molecular formula is C23H30N2O3. The van der Waals surface area contributed by atoms with Gasteiger partial charge in [-0.1, -0.05) is 32.0 Å². The molecule has 2 aromatic rings. The molecule has 1 spiro atoms. The van der Waals surface area contributed by atoms with Crippen molar-refractivity contribution in [1.82, 2.24) is 9.80 Å². The van der Waals surface area contributed by atoms with Crippen LogP contribution < -0.4 is 4.74 Å². The zero-order valence-corrected chi connectivity index (χ0v) is 16.9. The molecule has 4 rings (SSSR count). The molecular weight excluding hydrogens is 352 g/mol. The molecule has 5 heteroatoms. The van der Waals surface area contributed by atoms with Crippen LogP contribution in [0.2, 0.25) is 0 Å². The van der Waals surface area contributed by atoms with Crippen LogP contribution >= 0.6 is 0 Å². The van der Waals surface area contributed by atoms with Crippen LogP contribution in [0.4, 0.5) is 0 Å². The maximum absolute atomic E-state index is 12.6. The lowest BCUT2D eigenvalue weighted by molar-refractivity contribution is 0.0772. The van der Waals surface area contributed by atoms with Gasteiger partial charge in [-0.2, -0.15) is 0 Å². The fourth-order valence-corrected chi connectivity index (χ4v) is 4.45. The highest BCUT2D eigenvalue weighted by atomic mass is 16.5. The summed E-state index contributed by atoms with van der Waals surface area (Å²) >= 11 is 0. The Morgan fingerprint density at radius 3 is 2.79 bits per heavy atom. The lowest BCUT2D eigenvalue weighted by Gasteiger charge is -2.25. The van der Waals surface area contributed by atoms with Crippen molar-refractivity contribution in [3.8, 4) is 5.75 Å². The fourth-order valence-electron chi connectivity index (χ4n) is 4.45. The number of hydrogen-bond acceptors (Lipinski definition) is 4. The summed E-state index contributed by atoms with van der Waals surface area (Å²) in [5.41, 5.74) is 2.14. The second-order valence-electron chi connectivity index (χ2n) is 8.76. The van der Waals surface area contributed by atoms with Gasteiger partial charge in [0.25, 0.3) is 5.91 Å². The summed E-state index contributed by atoms with van der Waals surface area (Å²) in [4.78, 5) is 17.1. The molecule has 1 unspecified atom stereocenters. The average Bonchev–Trinajstić information content (AvgIpc) is 3.43. The van der Waals surface area contributed by atoms with Crippen LogP contribution in [-0.2, 0) is 6.54 Å². The van der Waals surface area contributed by atoms with Crippen molar-refractivity contribution >= 4 is 5.91 Å². The number of hydrogen-bond donors (Lipinski definition) is 0. The highest BCUT2D eigenvalue weighted by molar-refractivity contribution is 5.94. The number of furan rings is 1. The van der Waals surface area contributed by atoms with Crippen molar-refractivity contribution in [1.29, 1.82) is 0 Å². The summed E-state index contributed by atoms with van der Waals surface area (Å²) in [5, 5.41) is 0. The molecule has 0 saturated carbocycles. The normalized spacial score (nSPS) is 22.5. The highest BCUT2D eigenvalue weighted by Gasteiger charge is 2.44. The van der Waals surface area contributed by atoms with Gasteiger partial charge in [0.1, 0.15) is 12.0 Å². The molecule has 3 heterocycles. The van der Waals surface area contributed by atoms with Crippen LogP contribution in [0.1, 0.15) is 42.6 Å². The van der Waals surface area contributed by atoms with E-state index in [0.717, 1.165) is 57.9 Å². The third-order valence-corrected chi connectivity index (χ3v) is 5.95. The summed E-state index contributed by atoms with van der Waals surface area (Å²) in [6, 6.07) is 10.1. The minimum absolute atomic E-state index is 0.0940. The minimum atomic E-state index is 0.0940. The summed E-state index contributed by atoms with van der Waals surface area (Å²) in [6.07, 6.45) is 5.34. The Bertz CT molecular complexity index is 802. The number of para-hydroxylation sites is 1. The van der Waals surface area contributed by atoms with Gasteiger partial charge in [0.05, 0.1) is 18.4 Å². The van der Waals surface area contributed by atoms with Crippen molar-refractivity contribution in [3.05, 3.63) is 54.0 Å². The second-order valence-corrected chi connectivity index (χ2v) is 8.76. The zero-order chi connectivity index (χ0) is 19.6. The minimum Gasteiger partial charge on any atom is -0.493 e. The average molecular weight is 383 g/mol. The number of amides is 1. The van der Waals surface area contributed by atoms with Gasteiger partial charge < -0.3 is 14.1 Å². The fraction of sp³-hybridized carbons (Fsp3) is 0.522. The first kappa shape index (κ1) is 19.1. The number of ether oxygens (including phenoxy) is 1. The molecule has 28 heavy (non-hydrogen) atoms. The van der Waals surface area contributed by atoms with Crippen molar-refractivity contribution in [2.24, 2.45) is 11.3 Å². The monoisotopic (exact) mass is 382 g/mol. The van der Waals surface area contributed by atoms with Gasteiger partial charge in [-0.15, -0.1) is 0 Å². The van der Waals surface area contributed by atoms with E-state index in [4.69, 9.17) is 9.15 Å². The van der Waals surface area contributed by atoms with Gasteiger partial charge in [-0.05, 0) is 37.4 Å². The molecule has 0 bridgehead atoms. The van der Waals surface area contributed by atoms with Gasteiger partial charge in [0, 0.05) is 37.2 Å². The maximum Gasteiger partial charge on any atom is 0.257 e. The van der Waals surface area contributed by atoms with E-state index < -0.39 is 0 Å². The number of carbonyl (C=O) groups excluding carboxylic acids is 1. The Hall–Kier alpha value is -2.27. The number of likely N-dealkylation sites (tertiary alicyclic amines) is 2. The van der Waals surface area contributed by atoms with E-state index in [-0.39, 0.29) is 11.3 Å². The Morgan fingerprint density at radius 1 is 1.18 bits per heavy atom. The lowest BCUT2D eigenvalue weighted by atomic mass is 9.86. The summed E-state index contributed by atoms with van der Waals surface area (Å²) < 4.78 is 11.1. The first-order valence-corrected chi connectivity index (χ1v) is 10.3. The van der Waals surface area contributed by atoms with Gasteiger partial charge >= 0.3 is 0 Å². The number of nitrogens with zero attached hydrogens (tertiary/aromatic N) is 2. The van der Waals surface area contributed by atoms with Crippen LogP contribution in [-0.4, -0.2) is 48.5 Å². The Morgan fingerprint density at radius 2 is 2.00 bits per heavy atom. The summed E-state index contributed by atoms with van der Waals surface area (Å²) in [6.45, 7) is 9.79. The number of carbonyl (C=O) groups is 1. The van der Waals surface area contributed by atoms with E-state index in [1.165, 1.54) is 5.56 Å². The Balaban J connectivity index is 1.37. The first-order valence-electron chi connectivity index (χ1n) is 10.3. The molecule has 0 radical (unpaired) electrons. The molecule has 0 aliphatic carbocycles. The van der Waals surface area contributed by atoms with Crippen LogP contribution in [0.15, 0.2) is 47.3 Å². The second kappa shape index (κ2) is 8.00. The van der Waals surface area contributed by atoms with E-state index in [9.17, 15) is 4.79 Å². The van der Waals surface area contributed by atoms with Crippen LogP contribution in [0.5, 0.6) is 5.75 Å². The highest BCUT2D eigenvalue weighted by Crippen LogP contribution is 2.40. The van der Waals surface area contributed by atoms with E-state index in [0.29, 0.717) is 11.5 Å². The van der Waals surface area contributed by atoms with Crippen molar-refractivity contribution < 1.29 is 13.9 Å². The lowest BCUT2D eigenvalue weighted by Crippen LogP contribution is -2.33. The van der Waals surface area contributed by atoms with Gasteiger partial charge in [0.15, 0.2) is 0 Å². The summed E-state index contributed by atoms with van der Waals surface area (Å²) in [5.74, 6) is 1.61. The molecule has 1 aromatic heterocycles. The first-order chi connectivity index (χ1) is 13.5. The van der Waals surface area contributed by atoms with Gasteiger partial charge in [-0.25, -0.2) is 0 Å². The third-order valence-electron chi connectivity index (χ3n) is 5.95. The molecule has 2 fully saturated rings. The SMILES string of the molecule is CC(C)COc1ccccc1CN1CCC2(CCN(C(=O)c3ccoc3)C2)C1. The quantitative estimate of drug-likeness (QED) is 0.756.